The van der Waals surface area contributed by atoms with Gasteiger partial charge in [0.25, 0.3) is 0 Å². The van der Waals surface area contributed by atoms with Crippen molar-refractivity contribution in [2.24, 2.45) is 0 Å². The summed E-state index contributed by atoms with van der Waals surface area (Å²) in [6, 6.07) is -0.785. The van der Waals surface area contributed by atoms with Gasteiger partial charge in [-0.05, 0) is 6.92 Å². The van der Waals surface area contributed by atoms with Crippen molar-refractivity contribution in [3.8, 4) is 0 Å². The monoisotopic (exact) mass is 232 g/mol. The summed E-state index contributed by atoms with van der Waals surface area (Å²) in [4.78, 5) is 22.7. The highest BCUT2D eigenvalue weighted by molar-refractivity contribution is 7.99. The largest absolute Gasteiger partial charge is 0.467 e. The van der Waals surface area contributed by atoms with E-state index in [0.717, 1.165) is 18.1 Å². The molecule has 0 aromatic rings. The van der Waals surface area contributed by atoms with Gasteiger partial charge in [0, 0.05) is 18.1 Å². The maximum atomic E-state index is 11.6. The van der Waals surface area contributed by atoms with Crippen molar-refractivity contribution in [1.82, 2.24) is 10.6 Å². The highest BCUT2D eigenvalue weighted by Crippen LogP contribution is 2.07. The molecule has 0 spiro atoms. The minimum atomic E-state index is -0.587. The van der Waals surface area contributed by atoms with Gasteiger partial charge in [-0.1, -0.05) is 0 Å². The molecule has 0 aliphatic carbocycles. The van der Waals surface area contributed by atoms with Crippen LogP contribution < -0.4 is 10.6 Å². The fraction of sp³-hybridized carbons (Fsp3) is 0.778. The van der Waals surface area contributed by atoms with Crippen LogP contribution in [0.4, 0.5) is 0 Å². The van der Waals surface area contributed by atoms with E-state index in [-0.39, 0.29) is 11.9 Å². The van der Waals surface area contributed by atoms with Crippen LogP contribution in [0.15, 0.2) is 0 Å². The van der Waals surface area contributed by atoms with Crippen molar-refractivity contribution in [2.75, 3.05) is 25.2 Å². The van der Waals surface area contributed by atoms with E-state index in [1.54, 1.807) is 18.7 Å². The molecule has 0 bridgehead atoms. The van der Waals surface area contributed by atoms with Gasteiger partial charge in [-0.25, -0.2) is 4.79 Å². The Bertz CT molecular complexity index is 242. The van der Waals surface area contributed by atoms with Gasteiger partial charge in [-0.15, -0.1) is 0 Å². The van der Waals surface area contributed by atoms with Gasteiger partial charge < -0.3 is 15.4 Å². The molecule has 5 nitrogen and oxygen atoms in total. The van der Waals surface area contributed by atoms with Gasteiger partial charge in [0.2, 0.25) is 5.91 Å². The van der Waals surface area contributed by atoms with Gasteiger partial charge in [-0.2, -0.15) is 11.8 Å². The number of nitrogens with one attached hydrogen (secondary N) is 2. The fourth-order valence-electron chi connectivity index (χ4n) is 1.28. The second-order valence-electron chi connectivity index (χ2n) is 3.34. The number of esters is 1. The summed E-state index contributed by atoms with van der Waals surface area (Å²) >= 11 is 1.73. The molecule has 2 atom stereocenters. The quantitative estimate of drug-likeness (QED) is 0.634. The minimum absolute atomic E-state index is 0.139. The SMILES string of the molecule is COC(=O)C(C)NC(=O)C1CSCCN1. The van der Waals surface area contributed by atoms with E-state index in [0.29, 0.717) is 0 Å². The lowest BCUT2D eigenvalue weighted by Crippen LogP contribution is -2.52. The van der Waals surface area contributed by atoms with Crippen molar-refractivity contribution >= 4 is 23.6 Å². The lowest BCUT2D eigenvalue weighted by atomic mass is 10.2. The maximum absolute atomic E-state index is 11.6. The first-order chi connectivity index (χ1) is 7.15. The summed E-state index contributed by atoms with van der Waals surface area (Å²) in [5.74, 6) is 1.21. The second-order valence-corrected chi connectivity index (χ2v) is 4.48. The summed E-state index contributed by atoms with van der Waals surface area (Å²) in [5.41, 5.74) is 0. The predicted octanol–water partition coefficient (Wildman–Crippen LogP) is -0.631. The molecule has 2 N–H and O–H groups in total. The van der Waals surface area contributed by atoms with Crippen molar-refractivity contribution in [3.63, 3.8) is 0 Å². The molecule has 15 heavy (non-hydrogen) atoms. The van der Waals surface area contributed by atoms with Crippen LogP contribution in [-0.4, -0.2) is 49.1 Å². The normalized spacial score (nSPS) is 22.9. The molecule has 0 aromatic carbocycles. The van der Waals surface area contributed by atoms with E-state index in [9.17, 15) is 9.59 Å². The van der Waals surface area contributed by atoms with Crippen LogP contribution in [0.1, 0.15) is 6.92 Å². The van der Waals surface area contributed by atoms with Crippen molar-refractivity contribution in [1.29, 1.82) is 0 Å². The standard InChI is InChI=1S/C9H16N2O3S/c1-6(9(13)14-2)11-8(12)7-5-15-4-3-10-7/h6-7,10H,3-5H2,1-2H3,(H,11,12). The molecule has 1 heterocycles. The molecular weight excluding hydrogens is 216 g/mol. The van der Waals surface area contributed by atoms with E-state index < -0.39 is 12.0 Å². The third-order valence-electron chi connectivity index (χ3n) is 2.15. The van der Waals surface area contributed by atoms with Crippen LogP contribution in [0.2, 0.25) is 0 Å². The Kier molecular flexibility index (Phi) is 4.90. The molecule has 86 valence electrons. The number of carbonyl (C=O) groups is 2. The molecule has 0 aromatic heterocycles. The molecule has 1 aliphatic rings. The maximum Gasteiger partial charge on any atom is 0.328 e. The summed E-state index contributed by atoms with van der Waals surface area (Å²) in [7, 11) is 1.31. The lowest BCUT2D eigenvalue weighted by molar-refractivity contribution is -0.144. The van der Waals surface area contributed by atoms with Crippen LogP contribution in [0.25, 0.3) is 0 Å². The Morgan fingerprint density at radius 1 is 1.60 bits per heavy atom. The zero-order chi connectivity index (χ0) is 11.3. The number of thioether (sulfide) groups is 1. The number of rotatable bonds is 3. The van der Waals surface area contributed by atoms with E-state index in [2.05, 4.69) is 15.4 Å². The zero-order valence-corrected chi connectivity index (χ0v) is 9.73. The van der Waals surface area contributed by atoms with E-state index in [1.807, 2.05) is 0 Å². The highest BCUT2D eigenvalue weighted by atomic mass is 32.2. The van der Waals surface area contributed by atoms with Gasteiger partial charge in [-0.3, -0.25) is 4.79 Å². The molecule has 1 rings (SSSR count). The van der Waals surface area contributed by atoms with E-state index in [1.165, 1.54) is 7.11 Å². The highest BCUT2D eigenvalue weighted by Gasteiger charge is 2.24. The molecule has 1 saturated heterocycles. The van der Waals surface area contributed by atoms with Gasteiger partial charge in [0.1, 0.15) is 6.04 Å². The predicted molar refractivity (Wildman–Crippen MR) is 58.7 cm³/mol. The second kappa shape index (κ2) is 5.97. The van der Waals surface area contributed by atoms with Crippen molar-refractivity contribution in [2.45, 2.75) is 19.0 Å². The van der Waals surface area contributed by atoms with Gasteiger partial charge >= 0.3 is 5.97 Å². The summed E-state index contributed by atoms with van der Waals surface area (Å²) < 4.78 is 4.52. The van der Waals surface area contributed by atoms with Crippen LogP contribution in [0.5, 0.6) is 0 Å². The summed E-state index contributed by atoms with van der Waals surface area (Å²) in [5, 5.41) is 5.71. The zero-order valence-electron chi connectivity index (χ0n) is 8.91. The molecule has 6 heteroatoms. The van der Waals surface area contributed by atoms with E-state index >= 15 is 0 Å². The average Bonchev–Trinajstić information content (AvgIpc) is 2.29. The lowest BCUT2D eigenvalue weighted by Gasteiger charge is -2.23. The molecule has 1 amide bonds. The molecule has 2 unspecified atom stereocenters. The molecule has 0 saturated carbocycles. The fourth-order valence-corrected chi connectivity index (χ4v) is 2.22. The average molecular weight is 232 g/mol. The molecular formula is C9H16N2O3S. The minimum Gasteiger partial charge on any atom is -0.467 e. The summed E-state index contributed by atoms with van der Waals surface area (Å²) in [6.07, 6.45) is 0. The van der Waals surface area contributed by atoms with Crippen LogP contribution in [-0.2, 0) is 14.3 Å². The third kappa shape index (κ3) is 3.71. The van der Waals surface area contributed by atoms with Crippen LogP contribution in [0.3, 0.4) is 0 Å². The number of methoxy groups -OCH3 is 1. The number of amides is 1. The Morgan fingerprint density at radius 3 is 2.87 bits per heavy atom. The Hall–Kier alpha value is -0.750. The number of carbonyl (C=O) groups excluding carboxylic acids is 2. The molecule has 1 aliphatic heterocycles. The first-order valence-electron chi connectivity index (χ1n) is 4.84. The number of hydrogen-bond donors (Lipinski definition) is 2. The van der Waals surface area contributed by atoms with Crippen molar-refractivity contribution in [3.05, 3.63) is 0 Å². The first kappa shape index (κ1) is 12.3. The van der Waals surface area contributed by atoms with Crippen LogP contribution >= 0.6 is 11.8 Å². The first-order valence-corrected chi connectivity index (χ1v) is 6.00. The molecule has 0 radical (unpaired) electrons. The third-order valence-corrected chi connectivity index (χ3v) is 3.21. The summed E-state index contributed by atoms with van der Waals surface area (Å²) in [6.45, 7) is 2.44. The number of hydrogen-bond acceptors (Lipinski definition) is 5. The molecule has 1 fully saturated rings. The number of ether oxygens (including phenoxy) is 1. The van der Waals surface area contributed by atoms with E-state index in [4.69, 9.17) is 0 Å². The van der Waals surface area contributed by atoms with Crippen molar-refractivity contribution < 1.29 is 14.3 Å². The topological polar surface area (TPSA) is 67.4 Å². The van der Waals surface area contributed by atoms with Gasteiger partial charge in [0.05, 0.1) is 13.2 Å². The van der Waals surface area contributed by atoms with Gasteiger partial charge in [0.15, 0.2) is 0 Å². The Labute approximate surface area is 93.3 Å². The Morgan fingerprint density at radius 2 is 2.33 bits per heavy atom. The smallest absolute Gasteiger partial charge is 0.328 e. The van der Waals surface area contributed by atoms with Crippen LogP contribution in [0, 0.1) is 0 Å². The Balaban J connectivity index is 2.36.